The van der Waals surface area contributed by atoms with Crippen LogP contribution in [-0.4, -0.2) is 37.0 Å². The highest BCUT2D eigenvalue weighted by molar-refractivity contribution is 4.63. The Labute approximate surface area is 81.5 Å². The minimum absolute atomic E-state index is 0.279. The van der Waals surface area contributed by atoms with Gasteiger partial charge in [0.1, 0.15) is 0 Å². The van der Waals surface area contributed by atoms with E-state index in [4.69, 9.17) is 9.84 Å². The summed E-state index contributed by atoms with van der Waals surface area (Å²) < 4.78 is 5.38. The molecule has 0 bridgehead atoms. The molecule has 0 aliphatic rings. The van der Waals surface area contributed by atoms with Gasteiger partial charge in [-0.25, -0.2) is 0 Å². The van der Waals surface area contributed by atoms with Crippen molar-refractivity contribution in [3.05, 3.63) is 0 Å². The molecule has 2 N–H and O–H groups in total. The first-order valence-corrected chi connectivity index (χ1v) is 5.16. The maximum atomic E-state index is 8.62. The third-order valence-electron chi connectivity index (χ3n) is 2.00. The van der Waals surface area contributed by atoms with E-state index in [-0.39, 0.29) is 12.7 Å². The van der Waals surface area contributed by atoms with Crippen LogP contribution < -0.4 is 5.32 Å². The Morgan fingerprint density at radius 3 is 2.62 bits per heavy atom. The summed E-state index contributed by atoms with van der Waals surface area (Å²) in [5, 5.41) is 12.0. The van der Waals surface area contributed by atoms with Crippen LogP contribution in [0, 0.1) is 0 Å². The van der Waals surface area contributed by atoms with E-state index in [1.165, 1.54) is 0 Å². The minimum atomic E-state index is 0.279. The number of ether oxygens (including phenoxy) is 1. The number of hydrogen-bond acceptors (Lipinski definition) is 3. The molecule has 0 aromatic carbocycles. The number of rotatable bonds is 8. The van der Waals surface area contributed by atoms with Crippen LogP contribution in [-0.2, 0) is 4.74 Å². The van der Waals surface area contributed by atoms with Crippen LogP contribution in [0.2, 0.25) is 0 Å². The van der Waals surface area contributed by atoms with E-state index < -0.39 is 0 Å². The van der Waals surface area contributed by atoms with Crippen molar-refractivity contribution in [2.75, 3.05) is 19.8 Å². The minimum Gasteiger partial charge on any atom is -0.396 e. The summed E-state index contributed by atoms with van der Waals surface area (Å²) >= 11 is 0. The molecule has 0 radical (unpaired) electrons. The lowest BCUT2D eigenvalue weighted by molar-refractivity contribution is 0.0739. The van der Waals surface area contributed by atoms with Crippen LogP contribution in [0.5, 0.6) is 0 Å². The second-order valence-electron chi connectivity index (χ2n) is 3.44. The van der Waals surface area contributed by atoms with E-state index in [9.17, 15) is 0 Å². The SMILES string of the molecule is CCOC(C)CNC(C)CCCO. The predicted octanol–water partition coefficient (Wildman–Crippen LogP) is 1.16. The second-order valence-corrected chi connectivity index (χ2v) is 3.44. The molecule has 80 valence electrons. The van der Waals surface area contributed by atoms with Gasteiger partial charge in [-0.05, 0) is 33.6 Å². The largest absolute Gasteiger partial charge is 0.396 e. The number of hydrogen-bond donors (Lipinski definition) is 2. The molecule has 0 aliphatic heterocycles. The van der Waals surface area contributed by atoms with Crippen molar-refractivity contribution in [2.45, 2.75) is 45.8 Å². The van der Waals surface area contributed by atoms with Crippen LogP contribution in [0.25, 0.3) is 0 Å². The Balaban J connectivity index is 3.29. The Bertz CT molecular complexity index is 109. The maximum absolute atomic E-state index is 8.62. The monoisotopic (exact) mass is 189 g/mol. The van der Waals surface area contributed by atoms with Crippen molar-refractivity contribution in [1.82, 2.24) is 5.32 Å². The fraction of sp³-hybridized carbons (Fsp3) is 1.00. The van der Waals surface area contributed by atoms with E-state index in [2.05, 4.69) is 19.2 Å². The molecule has 0 aromatic heterocycles. The van der Waals surface area contributed by atoms with Crippen LogP contribution in [0.15, 0.2) is 0 Å². The van der Waals surface area contributed by atoms with Gasteiger partial charge in [-0.1, -0.05) is 0 Å². The summed E-state index contributed by atoms with van der Waals surface area (Å²) in [6, 6.07) is 0.468. The summed E-state index contributed by atoms with van der Waals surface area (Å²) in [4.78, 5) is 0. The Morgan fingerprint density at radius 2 is 2.08 bits per heavy atom. The number of aliphatic hydroxyl groups is 1. The number of nitrogens with one attached hydrogen (secondary N) is 1. The molecule has 3 nitrogen and oxygen atoms in total. The summed E-state index contributed by atoms with van der Waals surface area (Å²) in [6.07, 6.45) is 2.17. The average molecular weight is 189 g/mol. The fourth-order valence-corrected chi connectivity index (χ4v) is 1.21. The molecular weight excluding hydrogens is 166 g/mol. The zero-order chi connectivity index (χ0) is 10.1. The average Bonchev–Trinajstić information content (AvgIpc) is 2.12. The third kappa shape index (κ3) is 8.22. The molecule has 0 heterocycles. The zero-order valence-corrected chi connectivity index (χ0v) is 9.05. The first-order valence-electron chi connectivity index (χ1n) is 5.16. The van der Waals surface area contributed by atoms with E-state index >= 15 is 0 Å². The lowest BCUT2D eigenvalue weighted by Gasteiger charge is -2.17. The molecular formula is C10H23NO2. The summed E-state index contributed by atoms with van der Waals surface area (Å²) in [5.41, 5.74) is 0. The Morgan fingerprint density at radius 1 is 1.38 bits per heavy atom. The van der Waals surface area contributed by atoms with Crippen molar-refractivity contribution >= 4 is 0 Å². The Kier molecular flexibility index (Phi) is 8.40. The lowest BCUT2D eigenvalue weighted by Crippen LogP contribution is -2.33. The van der Waals surface area contributed by atoms with Crippen molar-refractivity contribution in [3.8, 4) is 0 Å². The molecule has 0 spiro atoms. The highest BCUT2D eigenvalue weighted by Crippen LogP contribution is 1.96. The van der Waals surface area contributed by atoms with Gasteiger partial charge in [0.15, 0.2) is 0 Å². The van der Waals surface area contributed by atoms with Crippen LogP contribution in [0.1, 0.15) is 33.6 Å². The van der Waals surface area contributed by atoms with Crippen molar-refractivity contribution in [2.24, 2.45) is 0 Å². The van der Waals surface area contributed by atoms with Crippen LogP contribution in [0.4, 0.5) is 0 Å². The molecule has 0 amide bonds. The second kappa shape index (κ2) is 8.48. The van der Waals surface area contributed by atoms with Gasteiger partial charge in [-0.2, -0.15) is 0 Å². The van der Waals surface area contributed by atoms with Gasteiger partial charge >= 0.3 is 0 Å². The van der Waals surface area contributed by atoms with Gasteiger partial charge in [0.2, 0.25) is 0 Å². The van der Waals surface area contributed by atoms with Gasteiger partial charge in [0.05, 0.1) is 6.10 Å². The molecule has 2 unspecified atom stereocenters. The molecule has 0 rings (SSSR count). The maximum Gasteiger partial charge on any atom is 0.0671 e. The molecule has 0 fully saturated rings. The molecule has 0 aliphatic carbocycles. The van der Waals surface area contributed by atoms with Gasteiger partial charge in [-0.15, -0.1) is 0 Å². The van der Waals surface area contributed by atoms with Crippen LogP contribution >= 0.6 is 0 Å². The van der Waals surface area contributed by atoms with E-state index in [1.54, 1.807) is 0 Å². The predicted molar refractivity (Wildman–Crippen MR) is 54.9 cm³/mol. The molecule has 0 saturated carbocycles. The quantitative estimate of drug-likeness (QED) is 0.602. The van der Waals surface area contributed by atoms with Gasteiger partial charge < -0.3 is 15.2 Å². The first-order chi connectivity index (χ1) is 6.20. The van der Waals surface area contributed by atoms with Gasteiger partial charge in [0, 0.05) is 25.8 Å². The highest BCUT2D eigenvalue weighted by atomic mass is 16.5. The van der Waals surface area contributed by atoms with Crippen molar-refractivity contribution < 1.29 is 9.84 Å². The molecule has 0 aromatic rings. The number of aliphatic hydroxyl groups excluding tert-OH is 1. The fourth-order valence-electron chi connectivity index (χ4n) is 1.21. The van der Waals surface area contributed by atoms with Crippen LogP contribution in [0.3, 0.4) is 0 Å². The molecule has 3 heteroatoms. The van der Waals surface area contributed by atoms with Crippen molar-refractivity contribution in [1.29, 1.82) is 0 Å². The normalized spacial score (nSPS) is 15.7. The van der Waals surface area contributed by atoms with Gasteiger partial charge in [0.25, 0.3) is 0 Å². The van der Waals surface area contributed by atoms with E-state index in [0.717, 1.165) is 26.0 Å². The lowest BCUT2D eigenvalue weighted by atomic mass is 10.2. The highest BCUT2D eigenvalue weighted by Gasteiger charge is 2.04. The standard InChI is InChI=1S/C10H23NO2/c1-4-13-10(3)8-11-9(2)6-5-7-12/h9-12H,4-8H2,1-3H3. The summed E-state index contributed by atoms with van der Waals surface area (Å²) in [7, 11) is 0. The zero-order valence-electron chi connectivity index (χ0n) is 9.05. The molecule has 2 atom stereocenters. The van der Waals surface area contributed by atoms with E-state index in [0.29, 0.717) is 6.04 Å². The third-order valence-corrected chi connectivity index (χ3v) is 2.00. The van der Waals surface area contributed by atoms with E-state index in [1.807, 2.05) is 6.92 Å². The summed E-state index contributed by atoms with van der Waals surface area (Å²) in [6.45, 7) is 8.15. The molecule has 0 saturated heterocycles. The smallest absolute Gasteiger partial charge is 0.0671 e. The van der Waals surface area contributed by atoms with Gasteiger partial charge in [-0.3, -0.25) is 0 Å². The topological polar surface area (TPSA) is 41.5 Å². The summed E-state index contributed by atoms with van der Waals surface area (Å²) in [5.74, 6) is 0. The Hall–Kier alpha value is -0.120. The first kappa shape index (κ1) is 12.9. The van der Waals surface area contributed by atoms with Crippen molar-refractivity contribution in [3.63, 3.8) is 0 Å². The molecule has 13 heavy (non-hydrogen) atoms.